The fourth-order valence-electron chi connectivity index (χ4n) is 3.31. The van der Waals surface area contributed by atoms with Crippen LogP contribution >= 0.6 is 0 Å². The monoisotopic (exact) mass is 338 g/mol. The third kappa shape index (κ3) is 3.38. The first-order valence-corrected chi connectivity index (χ1v) is 8.15. The molecule has 1 aliphatic heterocycles. The van der Waals surface area contributed by atoms with Gasteiger partial charge < -0.3 is 9.53 Å². The third-order valence-corrected chi connectivity index (χ3v) is 4.50. The van der Waals surface area contributed by atoms with Gasteiger partial charge >= 0.3 is 5.97 Å². The van der Waals surface area contributed by atoms with E-state index in [2.05, 4.69) is 0 Å². The number of ether oxygens (including phenoxy) is 1. The van der Waals surface area contributed by atoms with Crippen molar-refractivity contribution in [2.24, 2.45) is 0 Å². The lowest BCUT2D eigenvalue weighted by Crippen LogP contribution is -2.34. The van der Waals surface area contributed by atoms with Gasteiger partial charge in [-0.25, -0.2) is 9.18 Å². The average Bonchev–Trinajstić information content (AvgIpc) is 2.96. The van der Waals surface area contributed by atoms with Crippen molar-refractivity contribution in [3.05, 3.63) is 83.2 Å². The van der Waals surface area contributed by atoms with E-state index in [0.717, 1.165) is 11.1 Å². The Kier molecular flexibility index (Phi) is 4.53. The summed E-state index contributed by atoms with van der Waals surface area (Å²) in [7, 11) is 0. The van der Waals surface area contributed by atoms with Crippen molar-refractivity contribution in [3.8, 4) is 0 Å². The standard InChI is InChI=1S/C21H19FO3/c1-14-6-8-17(9-7-14)21(11-10-20(24)25-21)19(12-15(2)23)16-4-3-5-18(22)13-16/h3-11,13,19H,12H2,1-2H3/t19-,21-/m1/s1. The van der Waals surface area contributed by atoms with Crippen molar-refractivity contribution in [2.45, 2.75) is 31.8 Å². The van der Waals surface area contributed by atoms with Gasteiger partial charge in [-0.1, -0.05) is 42.0 Å². The Morgan fingerprint density at radius 1 is 1.20 bits per heavy atom. The maximum absolute atomic E-state index is 13.8. The largest absolute Gasteiger partial charge is 0.446 e. The highest BCUT2D eigenvalue weighted by atomic mass is 19.1. The summed E-state index contributed by atoms with van der Waals surface area (Å²) < 4.78 is 19.5. The second-order valence-corrected chi connectivity index (χ2v) is 6.43. The molecular weight excluding hydrogens is 319 g/mol. The van der Waals surface area contributed by atoms with Gasteiger partial charge in [-0.05, 0) is 37.6 Å². The molecule has 3 nitrogen and oxygen atoms in total. The number of Topliss-reactive ketones (excluding diaryl/α,β-unsaturated/α-hetero) is 1. The van der Waals surface area contributed by atoms with E-state index < -0.39 is 23.3 Å². The molecule has 1 aliphatic rings. The SMILES string of the molecule is CC(=O)C[C@H](c1cccc(F)c1)[C@]1(c2ccc(C)cc2)C=CC(=O)O1. The molecule has 4 heteroatoms. The molecule has 0 saturated carbocycles. The van der Waals surface area contributed by atoms with Crippen LogP contribution in [0, 0.1) is 12.7 Å². The number of ketones is 1. The first-order valence-electron chi connectivity index (χ1n) is 8.15. The zero-order valence-electron chi connectivity index (χ0n) is 14.2. The first kappa shape index (κ1) is 17.1. The first-order chi connectivity index (χ1) is 11.9. The summed E-state index contributed by atoms with van der Waals surface area (Å²) in [6.07, 6.45) is 3.18. The van der Waals surface area contributed by atoms with Crippen LogP contribution in [0.5, 0.6) is 0 Å². The normalized spacial score (nSPS) is 20.4. The summed E-state index contributed by atoms with van der Waals surface area (Å²) in [5.74, 6) is -1.42. The van der Waals surface area contributed by atoms with Gasteiger partial charge in [0.1, 0.15) is 11.6 Å². The molecule has 0 fully saturated rings. The number of aryl methyl sites for hydroxylation is 1. The molecule has 2 aromatic carbocycles. The van der Waals surface area contributed by atoms with Crippen molar-refractivity contribution >= 4 is 11.8 Å². The molecule has 0 unspecified atom stereocenters. The van der Waals surface area contributed by atoms with Crippen LogP contribution in [0.2, 0.25) is 0 Å². The van der Waals surface area contributed by atoms with E-state index in [0.29, 0.717) is 5.56 Å². The number of esters is 1. The van der Waals surface area contributed by atoms with Crippen LogP contribution in [0.3, 0.4) is 0 Å². The molecule has 0 aliphatic carbocycles. The fourth-order valence-corrected chi connectivity index (χ4v) is 3.31. The molecule has 0 N–H and O–H groups in total. The van der Waals surface area contributed by atoms with Crippen LogP contribution < -0.4 is 0 Å². The molecule has 0 spiro atoms. The van der Waals surface area contributed by atoms with Gasteiger partial charge in [-0.3, -0.25) is 0 Å². The second-order valence-electron chi connectivity index (χ2n) is 6.43. The lowest BCUT2D eigenvalue weighted by Gasteiger charge is -2.35. The Labute approximate surface area is 146 Å². The van der Waals surface area contributed by atoms with Gasteiger partial charge in [0, 0.05) is 24.0 Å². The molecule has 0 radical (unpaired) electrons. The highest BCUT2D eigenvalue weighted by Gasteiger charge is 2.46. The Balaban J connectivity index is 2.17. The van der Waals surface area contributed by atoms with Crippen LogP contribution in [-0.2, 0) is 19.9 Å². The molecule has 1 heterocycles. The van der Waals surface area contributed by atoms with Gasteiger partial charge in [-0.2, -0.15) is 0 Å². The zero-order chi connectivity index (χ0) is 18.0. The molecule has 0 amide bonds. The Morgan fingerprint density at radius 3 is 2.48 bits per heavy atom. The van der Waals surface area contributed by atoms with Crippen LogP contribution in [0.25, 0.3) is 0 Å². The minimum atomic E-state index is -1.12. The number of carbonyl (C=O) groups is 2. The maximum atomic E-state index is 13.8. The fraction of sp³-hybridized carbons (Fsp3) is 0.238. The van der Waals surface area contributed by atoms with Crippen molar-refractivity contribution in [1.29, 1.82) is 0 Å². The highest BCUT2D eigenvalue weighted by molar-refractivity contribution is 5.86. The molecule has 0 aromatic heterocycles. The van der Waals surface area contributed by atoms with Crippen LogP contribution in [0.1, 0.15) is 36.0 Å². The third-order valence-electron chi connectivity index (χ3n) is 4.50. The summed E-state index contributed by atoms with van der Waals surface area (Å²) >= 11 is 0. The van der Waals surface area contributed by atoms with Crippen LogP contribution in [-0.4, -0.2) is 11.8 Å². The highest BCUT2D eigenvalue weighted by Crippen LogP contribution is 2.46. The number of hydrogen-bond acceptors (Lipinski definition) is 3. The summed E-state index contributed by atoms with van der Waals surface area (Å²) in [6, 6.07) is 13.7. The number of hydrogen-bond donors (Lipinski definition) is 0. The molecule has 3 rings (SSSR count). The average molecular weight is 338 g/mol. The predicted molar refractivity (Wildman–Crippen MR) is 92.5 cm³/mol. The second kappa shape index (κ2) is 6.63. The van der Waals surface area contributed by atoms with Gasteiger partial charge in [0.05, 0.1) is 0 Å². The van der Waals surface area contributed by atoms with Crippen molar-refractivity contribution < 1.29 is 18.7 Å². The van der Waals surface area contributed by atoms with E-state index >= 15 is 0 Å². The molecule has 2 aromatic rings. The van der Waals surface area contributed by atoms with Gasteiger partial charge in [0.25, 0.3) is 0 Å². The van der Waals surface area contributed by atoms with E-state index in [-0.39, 0.29) is 12.2 Å². The van der Waals surface area contributed by atoms with Crippen molar-refractivity contribution in [1.82, 2.24) is 0 Å². The van der Waals surface area contributed by atoms with Crippen molar-refractivity contribution in [3.63, 3.8) is 0 Å². The Morgan fingerprint density at radius 2 is 1.92 bits per heavy atom. The molecule has 25 heavy (non-hydrogen) atoms. The van der Waals surface area contributed by atoms with E-state index in [1.165, 1.54) is 25.1 Å². The van der Waals surface area contributed by atoms with E-state index in [9.17, 15) is 14.0 Å². The van der Waals surface area contributed by atoms with Gasteiger partial charge in [0.15, 0.2) is 5.60 Å². The quantitative estimate of drug-likeness (QED) is 0.767. The van der Waals surface area contributed by atoms with Gasteiger partial charge in [-0.15, -0.1) is 0 Å². The van der Waals surface area contributed by atoms with Crippen LogP contribution in [0.15, 0.2) is 60.7 Å². The molecule has 0 saturated heterocycles. The number of halogens is 1. The maximum Gasteiger partial charge on any atom is 0.331 e. The summed E-state index contributed by atoms with van der Waals surface area (Å²) in [4.78, 5) is 23.8. The predicted octanol–water partition coefficient (Wildman–Crippen LogP) is 4.21. The molecule has 128 valence electrons. The number of cyclic esters (lactones) is 1. The molecule has 2 atom stereocenters. The lowest BCUT2D eigenvalue weighted by molar-refractivity contribution is -0.149. The minimum absolute atomic E-state index is 0.0582. The lowest BCUT2D eigenvalue weighted by atomic mass is 9.75. The smallest absolute Gasteiger partial charge is 0.331 e. The number of carbonyl (C=O) groups excluding carboxylic acids is 2. The van der Waals surface area contributed by atoms with Gasteiger partial charge in [0.2, 0.25) is 0 Å². The Hall–Kier alpha value is -2.75. The van der Waals surface area contributed by atoms with Crippen molar-refractivity contribution in [2.75, 3.05) is 0 Å². The summed E-state index contributed by atoms with van der Waals surface area (Å²) in [5, 5.41) is 0. The van der Waals surface area contributed by atoms with E-state index in [1.54, 1.807) is 18.2 Å². The summed E-state index contributed by atoms with van der Waals surface area (Å²) in [5.41, 5.74) is 1.33. The van der Waals surface area contributed by atoms with E-state index in [4.69, 9.17) is 4.74 Å². The minimum Gasteiger partial charge on any atom is -0.446 e. The molecular formula is C21H19FO3. The van der Waals surface area contributed by atoms with Crippen LogP contribution in [0.4, 0.5) is 4.39 Å². The molecule has 0 bridgehead atoms. The number of rotatable bonds is 5. The topological polar surface area (TPSA) is 43.4 Å². The number of benzene rings is 2. The Bertz CT molecular complexity index is 838. The zero-order valence-corrected chi connectivity index (χ0v) is 14.2. The summed E-state index contributed by atoms with van der Waals surface area (Å²) in [6.45, 7) is 3.45. The van der Waals surface area contributed by atoms with E-state index in [1.807, 2.05) is 31.2 Å².